The van der Waals surface area contributed by atoms with Crippen LogP contribution in [0.15, 0.2) is 0 Å². The van der Waals surface area contributed by atoms with Gasteiger partial charge in [0.15, 0.2) is 0 Å². The summed E-state index contributed by atoms with van der Waals surface area (Å²) in [5.74, 6) is 1.06. The van der Waals surface area contributed by atoms with Crippen molar-refractivity contribution in [1.29, 1.82) is 0 Å². The summed E-state index contributed by atoms with van der Waals surface area (Å²) in [7, 11) is 0. The molecule has 76 heavy (non-hydrogen) atoms. The molecular formula is C76H174. The molecule has 12 aliphatic carbocycles. The lowest BCUT2D eigenvalue weighted by Gasteiger charge is -2.18. The Bertz CT molecular complexity index is 384. The van der Waals surface area contributed by atoms with E-state index in [1.807, 2.05) is 111 Å². The van der Waals surface area contributed by atoms with Crippen LogP contribution in [-0.4, -0.2) is 0 Å². The second-order valence-corrected chi connectivity index (χ2v) is 20.3. The number of hydrogen-bond acceptors (Lipinski definition) is 0. The fourth-order valence-electron chi connectivity index (χ4n) is 3.36. The van der Waals surface area contributed by atoms with Crippen molar-refractivity contribution in [3.63, 3.8) is 0 Å². The van der Waals surface area contributed by atoms with Crippen molar-refractivity contribution in [3.05, 3.63) is 0 Å². The topological polar surface area (TPSA) is 0 Å². The molecule has 0 radical (unpaired) electrons. The first kappa shape index (κ1) is 101. The van der Waals surface area contributed by atoms with Crippen molar-refractivity contribution in [2.75, 3.05) is 0 Å². The molecule has 0 aliphatic heterocycles. The SMILES string of the molecule is C1CCC1.C1CCC1.C1CCC1.C1CCC1.C1CCC1.C1CCC1.C1CCC1.C1CCC1.C1CCC1.C1CCC1.C1CCC1.CC.CC.CC.CC.CC.CC.CC.CC.CC1CCC1.CCC.CCCC.CCCC. The number of hydrogen-bond donors (Lipinski definition) is 0. The molecule has 0 unspecified atom stereocenters. The Balaban J connectivity index is -0.0000000650. The molecule has 0 atom stereocenters. The molecule has 12 fully saturated rings. The molecule has 0 aromatic carbocycles. The summed E-state index contributed by atoms with van der Waals surface area (Å²) in [6.07, 6.45) is 77.0. The molecule has 478 valence electrons. The molecule has 0 spiro atoms. The molecule has 12 aliphatic rings. The van der Waals surface area contributed by atoms with Crippen LogP contribution in [0.1, 0.15) is 493 Å². The highest BCUT2D eigenvalue weighted by atomic mass is 14.2. The minimum atomic E-state index is 1.06. The van der Waals surface area contributed by atoms with Crippen molar-refractivity contribution < 1.29 is 0 Å². The summed E-state index contributed by atoms with van der Waals surface area (Å²) < 4.78 is 0. The average Bonchev–Trinajstić information content (AvgIpc) is 3.23. The van der Waals surface area contributed by atoms with Gasteiger partial charge in [-0.1, -0.05) is 493 Å². The Morgan fingerprint density at radius 3 is 0.211 bits per heavy atom. The maximum absolute atomic E-state index is 2.31. The van der Waals surface area contributed by atoms with E-state index in [2.05, 4.69) is 48.5 Å². The van der Waals surface area contributed by atoms with Crippen molar-refractivity contribution in [3.8, 4) is 0 Å². The molecule has 12 rings (SSSR count). The van der Waals surface area contributed by atoms with E-state index in [1.54, 1.807) is 0 Å². The van der Waals surface area contributed by atoms with Gasteiger partial charge in [-0.15, -0.1) is 0 Å². The van der Waals surface area contributed by atoms with E-state index in [4.69, 9.17) is 0 Å². The Kier molecular flexibility index (Phi) is 181. The van der Waals surface area contributed by atoms with Crippen LogP contribution in [0, 0.1) is 5.92 Å². The number of rotatable bonds is 2. The predicted octanol–water partition coefficient (Wildman–Crippen LogP) is 32.2. The molecule has 0 heteroatoms. The van der Waals surface area contributed by atoms with Crippen molar-refractivity contribution in [2.45, 2.75) is 493 Å². The van der Waals surface area contributed by atoms with Gasteiger partial charge in [-0.2, -0.15) is 0 Å². The monoisotopic (exact) mass is 1090 g/mol. The lowest BCUT2D eigenvalue weighted by atomic mass is 9.88. The zero-order valence-corrected chi connectivity index (χ0v) is 60.3. The average molecular weight is 1090 g/mol. The first-order valence-corrected chi connectivity index (χ1v) is 37.6. The standard InChI is InChI=1S/C5H10.11C4H8.2C4H10.C3H8.8C2H6/c1-5-3-2-4-5;11*1-2-4-3-1;2*1-3-4-2;1-3-2;8*1-2/h5H,2-4H2,1H3;11*1-4H2;2*3-4H2,1-2H3;3H2,1-2H3;8*1-2H3. The molecule has 0 amide bonds. The van der Waals surface area contributed by atoms with Gasteiger partial charge in [-0.05, 0) is 5.92 Å². The first-order chi connectivity index (χ1) is 37.6. The van der Waals surface area contributed by atoms with Crippen LogP contribution in [0.25, 0.3) is 0 Å². The van der Waals surface area contributed by atoms with Crippen LogP contribution in [0.4, 0.5) is 0 Å². The van der Waals surface area contributed by atoms with Crippen molar-refractivity contribution >= 4 is 0 Å². The van der Waals surface area contributed by atoms with Crippen LogP contribution >= 0.6 is 0 Å². The van der Waals surface area contributed by atoms with Gasteiger partial charge in [0.1, 0.15) is 0 Å². The Hall–Kier alpha value is 0. The Morgan fingerprint density at radius 1 is 0.158 bits per heavy atom. The third-order valence-corrected chi connectivity index (χ3v) is 13.4. The van der Waals surface area contributed by atoms with Crippen molar-refractivity contribution in [1.82, 2.24) is 0 Å². The van der Waals surface area contributed by atoms with Crippen molar-refractivity contribution in [2.24, 2.45) is 5.92 Å². The summed E-state index contributed by atoms with van der Waals surface area (Å²) >= 11 is 0. The molecule has 0 aromatic rings. The van der Waals surface area contributed by atoms with Gasteiger partial charge in [-0.3, -0.25) is 0 Å². The Labute approximate surface area is 496 Å². The second-order valence-electron chi connectivity index (χ2n) is 20.3. The number of unbranched alkanes of at least 4 members (excludes halogenated alkanes) is 2. The second kappa shape index (κ2) is 136. The van der Waals surface area contributed by atoms with E-state index in [1.165, 1.54) is 334 Å². The maximum Gasteiger partial charge on any atom is -0.0443 e. The zero-order chi connectivity index (χ0) is 60.3. The van der Waals surface area contributed by atoms with Gasteiger partial charge in [-0.25, -0.2) is 0 Å². The molecule has 0 heterocycles. The molecule has 0 N–H and O–H groups in total. The minimum Gasteiger partial charge on any atom is -0.0683 e. The highest BCUT2D eigenvalue weighted by molar-refractivity contribution is 4.62. The fraction of sp³-hybridized carbons (Fsp3) is 1.00. The lowest BCUT2D eigenvalue weighted by Crippen LogP contribution is -2.04. The third kappa shape index (κ3) is 146. The highest BCUT2D eigenvalue weighted by Crippen LogP contribution is 2.24. The van der Waals surface area contributed by atoms with Crippen LogP contribution in [0.5, 0.6) is 0 Å². The van der Waals surface area contributed by atoms with E-state index in [0.29, 0.717) is 0 Å². The maximum atomic E-state index is 2.31. The largest absolute Gasteiger partial charge is 0.0683 e. The van der Waals surface area contributed by atoms with E-state index in [9.17, 15) is 0 Å². The lowest BCUT2D eigenvalue weighted by molar-refractivity contribution is 0.346. The molecular weight excluding hydrogens is 913 g/mol. The minimum absolute atomic E-state index is 1.06. The molecule has 0 bridgehead atoms. The summed E-state index contributed by atoms with van der Waals surface area (Å²) in [5.41, 5.74) is 0. The van der Waals surface area contributed by atoms with E-state index < -0.39 is 0 Å². The van der Waals surface area contributed by atoms with Gasteiger partial charge in [0.25, 0.3) is 0 Å². The summed E-state index contributed by atoms with van der Waals surface area (Å²) in [4.78, 5) is 0. The normalized spacial score (nSPS) is 17.2. The summed E-state index contributed by atoms with van der Waals surface area (Å²) in [5, 5.41) is 0. The zero-order valence-electron chi connectivity index (χ0n) is 60.3. The highest BCUT2D eigenvalue weighted by Gasteiger charge is 2.09. The Morgan fingerprint density at radius 2 is 0.211 bits per heavy atom. The summed E-state index contributed by atoms with van der Waals surface area (Å²) in [6.45, 7) is 47.3. The van der Waals surface area contributed by atoms with Crippen LogP contribution in [0.3, 0.4) is 0 Å². The first-order valence-electron chi connectivity index (χ1n) is 37.6. The van der Waals surface area contributed by atoms with Gasteiger partial charge < -0.3 is 0 Å². The molecule has 12 saturated carbocycles. The van der Waals surface area contributed by atoms with Gasteiger partial charge in [0, 0.05) is 0 Å². The van der Waals surface area contributed by atoms with Gasteiger partial charge in [0.05, 0.1) is 0 Å². The van der Waals surface area contributed by atoms with E-state index in [0.717, 1.165) is 5.92 Å². The van der Waals surface area contributed by atoms with E-state index >= 15 is 0 Å². The molecule has 0 nitrogen and oxygen atoms in total. The smallest absolute Gasteiger partial charge is 0.0443 e. The van der Waals surface area contributed by atoms with Gasteiger partial charge in [0.2, 0.25) is 0 Å². The molecule has 0 aromatic heterocycles. The van der Waals surface area contributed by atoms with Crippen LogP contribution in [-0.2, 0) is 0 Å². The molecule has 0 saturated heterocycles. The van der Waals surface area contributed by atoms with Crippen LogP contribution < -0.4 is 0 Å². The van der Waals surface area contributed by atoms with Gasteiger partial charge >= 0.3 is 0 Å². The van der Waals surface area contributed by atoms with Crippen LogP contribution in [0.2, 0.25) is 0 Å². The van der Waals surface area contributed by atoms with E-state index in [-0.39, 0.29) is 0 Å². The quantitative estimate of drug-likeness (QED) is 0.259. The fourth-order valence-corrected chi connectivity index (χ4v) is 3.36. The summed E-state index contributed by atoms with van der Waals surface area (Å²) in [6, 6.07) is 0. The third-order valence-electron chi connectivity index (χ3n) is 13.4. The predicted molar refractivity (Wildman–Crippen MR) is 374 cm³/mol.